The molecule has 7 heteroatoms. The van der Waals surface area contributed by atoms with Crippen LogP contribution in [0.1, 0.15) is 5.56 Å². The fourth-order valence-corrected chi connectivity index (χ4v) is 3.90. The minimum Gasteiger partial charge on any atom is -0.497 e. The zero-order chi connectivity index (χ0) is 17.0. The minimum absolute atomic E-state index is 0.174. The molecule has 0 aliphatic heterocycles. The van der Waals surface area contributed by atoms with Crippen molar-refractivity contribution < 1.29 is 13.2 Å². The summed E-state index contributed by atoms with van der Waals surface area (Å²) in [5, 5.41) is 3.96. The highest BCUT2D eigenvalue weighted by molar-refractivity contribution is 7.89. The smallest absolute Gasteiger partial charge is 0.240 e. The van der Waals surface area contributed by atoms with Crippen LogP contribution in [0.25, 0.3) is 11.3 Å². The number of methoxy groups -OCH3 is 1. The largest absolute Gasteiger partial charge is 0.497 e. The second-order valence-corrected chi connectivity index (χ2v) is 7.57. The molecule has 1 aromatic carbocycles. The van der Waals surface area contributed by atoms with E-state index in [2.05, 4.69) is 9.71 Å². The Kier molecular flexibility index (Phi) is 4.94. The van der Waals surface area contributed by atoms with Crippen molar-refractivity contribution in [2.75, 3.05) is 7.11 Å². The molecule has 2 aromatic heterocycles. The van der Waals surface area contributed by atoms with Crippen molar-refractivity contribution in [2.24, 2.45) is 0 Å². The number of aromatic nitrogens is 1. The van der Waals surface area contributed by atoms with Gasteiger partial charge in [0.2, 0.25) is 10.0 Å². The molecule has 0 saturated carbocycles. The summed E-state index contributed by atoms with van der Waals surface area (Å²) < 4.78 is 32.5. The summed E-state index contributed by atoms with van der Waals surface area (Å²) >= 11 is 1.58. The van der Waals surface area contributed by atoms with Crippen molar-refractivity contribution in [3.05, 3.63) is 65.0 Å². The molecule has 1 N–H and O–H groups in total. The highest BCUT2D eigenvalue weighted by atomic mass is 32.2. The van der Waals surface area contributed by atoms with E-state index in [4.69, 9.17) is 4.74 Å². The minimum atomic E-state index is -3.60. The van der Waals surface area contributed by atoms with E-state index in [0.717, 1.165) is 16.8 Å². The number of sulfonamides is 1. The fourth-order valence-electron chi connectivity index (χ4n) is 2.25. The highest BCUT2D eigenvalue weighted by Gasteiger charge is 2.15. The second-order valence-electron chi connectivity index (χ2n) is 5.02. The molecular formula is C17H16N2O3S2. The third-order valence-electron chi connectivity index (χ3n) is 3.51. The summed E-state index contributed by atoms with van der Waals surface area (Å²) in [5.74, 6) is 0.612. The first-order chi connectivity index (χ1) is 11.6. The summed E-state index contributed by atoms with van der Waals surface area (Å²) in [4.78, 5) is 4.57. The Morgan fingerprint density at radius 2 is 1.96 bits per heavy atom. The van der Waals surface area contributed by atoms with Crippen molar-refractivity contribution in [3.63, 3.8) is 0 Å². The third-order valence-corrected chi connectivity index (χ3v) is 5.61. The van der Waals surface area contributed by atoms with Gasteiger partial charge in [-0.1, -0.05) is 6.07 Å². The maximum Gasteiger partial charge on any atom is 0.240 e. The molecule has 0 atom stereocenters. The Hall–Kier alpha value is -2.22. The van der Waals surface area contributed by atoms with E-state index in [9.17, 15) is 8.42 Å². The van der Waals surface area contributed by atoms with Crippen molar-refractivity contribution in [1.29, 1.82) is 0 Å². The molecule has 0 bridgehead atoms. The summed E-state index contributed by atoms with van der Waals surface area (Å²) in [6.45, 7) is 0.174. The Bertz CT molecular complexity index is 905. The van der Waals surface area contributed by atoms with Gasteiger partial charge in [-0.25, -0.2) is 13.1 Å². The summed E-state index contributed by atoms with van der Waals surface area (Å²) in [6.07, 6.45) is 1.70. The van der Waals surface area contributed by atoms with Crippen molar-refractivity contribution in [2.45, 2.75) is 11.4 Å². The zero-order valence-corrected chi connectivity index (χ0v) is 14.6. The normalized spacial score (nSPS) is 11.4. The lowest BCUT2D eigenvalue weighted by Crippen LogP contribution is -2.23. The van der Waals surface area contributed by atoms with Crippen molar-refractivity contribution >= 4 is 21.4 Å². The number of rotatable bonds is 6. The second kappa shape index (κ2) is 7.12. The Labute approximate surface area is 145 Å². The molecule has 0 aliphatic carbocycles. The van der Waals surface area contributed by atoms with Gasteiger partial charge in [0.15, 0.2) is 0 Å². The van der Waals surface area contributed by atoms with Crippen LogP contribution in [0.5, 0.6) is 5.75 Å². The summed E-state index contributed by atoms with van der Waals surface area (Å²) in [5.41, 5.74) is 2.60. The number of hydrogen-bond acceptors (Lipinski definition) is 5. The lowest BCUT2D eigenvalue weighted by molar-refractivity contribution is 0.414. The molecular weight excluding hydrogens is 344 g/mol. The molecule has 124 valence electrons. The number of hydrogen-bond donors (Lipinski definition) is 1. The van der Waals surface area contributed by atoms with Crippen LogP contribution in [0.3, 0.4) is 0 Å². The molecule has 0 amide bonds. The number of ether oxygens (including phenoxy) is 1. The average molecular weight is 360 g/mol. The zero-order valence-electron chi connectivity index (χ0n) is 13.0. The first kappa shape index (κ1) is 16.6. The number of nitrogens with one attached hydrogen (secondary N) is 1. The molecule has 0 unspecified atom stereocenters. The fraction of sp³-hybridized carbons (Fsp3) is 0.118. The molecule has 0 radical (unpaired) electrons. The maximum absolute atomic E-state index is 12.4. The van der Waals surface area contributed by atoms with Crippen LogP contribution >= 0.6 is 11.3 Å². The Balaban J connectivity index is 1.80. The molecule has 24 heavy (non-hydrogen) atoms. The first-order valence-corrected chi connectivity index (χ1v) is 9.63. The number of pyridine rings is 1. The van der Waals surface area contributed by atoms with Crippen LogP contribution in [0.2, 0.25) is 0 Å². The summed E-state index contributed by atoms with van der Waals surface area (Å²) in [6, 6.07) is 11.9. The van der Waals surface area contributed by atoms with E-state index in [1.54, 1.807) is 35.7 Å². The van der Waals surface area contributed by atoms with Gasteiger partial charge in [0, 0.05) is 23.7 Å². The molecule has 0 aliphatic rings. The van der Waals surface area contributed by atoms with E-state index in [-0.39, 0.29) is 11.4 Å². The van der Waals surface area contributed by atoms with Gasteiger partial charge in [0.05, 0.1) is 17.7 Å². The van der Waals surface area contributed by atoms with Gasteiger partial charge in [0.25, 0.3) is 0 Å². The number of thiophene rings is 1. The third kappa shape index (κ3) is 3.64. The quantitative estimate of drug-likeness (QED) is 0.732. The summed E-state index contributed by atoms with van der Waals surface area (Å²) in [7, 11) is -2.06. The molecule has 0 fully saturated rings. The molecule has 3 rings (SSSR count). The van der Waals surface area contributed by atoms with E-state index in [1.807, 2.05) is 22.9 Å². The molecule has 3 aromatic rings. The lowest BCUT2D eigenvalue weighted by atomic mass is 10.1. The highest BCUT2D eigenvalue weighted by Crippen LogP contribution is 2.24. The van der Waals surface area contributed by atoms with E-state index in [0.29, 0.717) is 5.75 Å². The van der Waals surface area contributed by atoms with Gasteiger partial charge in [-0.05, 0) is 47.3 Å². The SMILES string of the molecule is COc1ccc(S(=O)(=O)NCc2cccnc2-c2ccsc2)cc1. The predicted octanol–water partition coefficient (Wildman–Crippen LogP) is 3.30. The molecule has 0 saturated heterocycles. The standard InChI is InChI=1S/C17H16N2O3S2/c1-22-15-4-6-16(7-5-15)24(20,21)19-11-13-3-2-9-18-17(13)14-8-10-23-12-14/h2-10,12,19H,11H2,1H3. The van der Waals surface area contributed by atoms with Gasteiger partial charge in [0.1, 0.15) is 5.75 Å². The number of benzene rings is 1. The van der Waals surface area contributed by atoms with Crippen LogP contribution in [0.4, 0.5) is 0 Å². The lowest BCUT2D eigenvalue weighted by Gasteiger charge is -2.10. The van der Waals surface area contributed by atoms with E-state index in [1.165, 1.54) is 19.2 Å². The first-order valence-electron chi connectivity index (χ1n) is 7.20. The molecule has 0 spiro atoms. The maximum atomic E-state index is 12.4. The average Bonchev–Trinajstić information content (AvgIpc) is 3.15. The van der Waals surface area contributed by atoms with Gasteiger partial charge >= 0.3 is 0 Å². The van der Waals surface area contributed by atoms with E-state index >= 15 is 0 Å². The van der Waals surface area contributed by atoms with Gasteiger partial charge in [-0.2, -0.15) is 11.3 Å². The molecule has 2 heterocycles. The van der Waals surface area contributed by atoms with Crippen LogP contribution in [0, 0.1) is 0 Å². The van der Waals surface area contributed by atoms with Crippen LogP contribution in [0.15, 0.2) is 64.3 Å². The topological polar surface area (TPSA) is 68.3 Å². The Morgan fingerprint density at radius 1 is 1.17 bits per heavy atom. The van der Waals surface area contributed by atoms with Gasteiger partial charge in [-0.15, -0.1) is 0 Å². The van der Waals surface area contributed by atoms with E-state index < -0.39 is 10.0 Å². The van der Waals surface area contributed by atoms with Gasteiger partial charge in [-0.3, -0.25) is 4.98 Å². The number of nitrogens with zero attached hydrogens (tertiary/aromatic N) is 1. The predicted molar refractivity (Wildman–Crippen MR) is 94.6 cm³/mol. The van der Waals surface area contributed by atoms with Crippen molar-refractivity contribution in [1.82, 2.24) is 9.71 Å². The monoisotopic (exact) mass is 360 g/mol. The van der Waals surface area contributed by atoms with Crippen LogP contribution in [-0.4, -0.2) is 20.5 Å². The van der Waals surface area contributed by atoms with Crippen molar-refractivity contribution in [3.8, 4) is 17.0 Å². The van der Waals surface area contributed by atoms with Crippen LogP contribution < -0.4 is 9.46 Å². The Morgan fingerprint density at radius 3 is 2.62 bits per heavy atom. The molecule has 5 nitrogen and oxygen atoms in total. The van der Waals surface area contributed by atoms with Gasteiger partial charge < -0.3 is 4.74 Å². The van der Waals surface area contributed by atoms with Crippen LogP contribution in [-0.2, 0) is 16.6 Å².